The Morgan fingerprint density at radius 1 is 0.588 bits per heavy atom. The van der Waals surface area contributed by atoms with Crippen LogP contribution in [-0.4, -0.2) is 80.6 Å². The minimum absolute atomic E-state index is 0.0490. The highest BCUT2D eigenvalue weighted by molar-refractivity contribution is 5.72. The lowest BCUT2D eigenvalue weighted by Gasteiger charge is -2.31. The van der Waals surface area contributed by atoms with Crippen LogP contribution in [0.4, 0.5) is 0 Å². The molecule has 0 aliphatic rings. The molecule has 0 aliphatic heterocycles. The summed E-state index contributed by atoms with van der Waals surface area (Å²) in [7, 11) is 5.50. The number of allylic oxidation sites excluding steroid dienone is 6. The van der Waals surface area contributed by atoms with Crippen molar-refractivity contribution >= 4 is 17.9 Å². The van der Waals surface area contributed by atoms with E-state index in [1.54, 1.807) is 0 Å². The predicted octanol–water partition coefficient (Wildman–Crippen LogP) is 10.7. The highest BCUT2D eigenvalue weighted by Crippen LogP contribution is 2.14. The van der Waals surface area contributed by atoms with Crippen LogP contribution >= 0.6 is 0 Å². The van der Waals surface area contributed by atoms with Gasteiger partial charge in [-0.25, -0.2) is 4.79 Å². The van der Waals surface area contributed by atoms with Crippen molar-refractivity contribution < 1.29 is 38.2 Å². The summed E-state index contributed by atoms with van der Waals surface area (Å²) < 4.78 is 17.1. The first kappa shape index (κ1) is 48.5. The summed E-state index contributed by atoms with van der Waals surface area (Å²) in [6.07, 6.45) is 37.8. The first-order chi connectivity index (χ1) is 24.6. The summed E-state index contributed by atoms with van der Waals surface area (Å²) in [6, 6.07) is -0.617. The first-order valence-electron chi connectivity index (χ1n) is 20.5. The Hall–Kier alpha value is -2.45. The maximum Gasteiger partial charge on any atom is 0.362 e. The smallest absolute Gasteiger partial charge is 0.362 e. The molecule has 0 aromatic carbocycles. The number of carboxylic acids is 1. The number of aliphatic carboxylic acids is 1. The van der Waals surface area contributed by atoms with Crippen molar-refractivity contribution in [3.05, 3.63) is 36.5 Å². The van der Waals surface area contributed by atoms with Crippen molar-refractivity contribution in [1.29, 1.82) is 0 Å². The van der Waals surface area contributed by atoms with E-state index in [-0.39, 0.29) is 42.7 Å². The van der Waals surface area contributed by atoms with Crippen LogP contribution in [-0.2, 0) is 28.6 Å². The summed E-state index contributed by atoms with van der Waals surface area (Å²) in [5.74, 6) is -1.54. The van der Waals surface area contributed by atoms with Crippen LogP contribution in [0.1, 0.15) is 168 Å². The molecular weight excluding hydrogens is 642 g/mol. The van der Waals surface area contributed by atoms with Gasteiger partial charge in [-0.1, -0.05) is 134 Å². The molecule has 0 heterocycles. The number of quaternary nitrogens is 1. The molecule has 0 aliphatic carbocycles. The summed E-state index contributed by atoms with van der Waals surface area (Å²) in [5.41, 5.74) is 0. The molecule has 0 radical (unpaired) electrons. The van der Waals surface area contributed by atoms with Gasteiger partial charge in [-0.2, -0.15) is 0 Å². The quantitative estimate of drug-likeness (QED) is 0.0226. The Bertz CT molecular complexity index is 937. The molecule has 8 heteroatoms. The van der Waals surface area contributed by atoms with Gasteiger partial charge in [0.25, 0.3) is 0 Å². The molecule has 0 saturated carbocycles. The van der Waals surface area contributed by atoms with Crippen LogP contribution in [0.15, 0.2) is 36.5 Å². The molecule has 296 valence electrons. The van der Waals surface area contributed by atoms with E-state index in [0.717, 1.165) is 25.7 Å². The second-order valence-corrected chi connectivity index (χ2v) is 14.9. The van der Waals surface area contributed by atoms with Crippen molar-refractivity contribution in [2.75, 3.05) is 41.0 Å². The summed E-state index contributed by atoms with van der Waals surface area (Å²) >= 11 is 0. The third kappa shape index (κ3) is 33.2. The minimum Gasteiger partial charge on any atom is -0.477 e. The molecule has 8 nitrogen and oxygen atoms in total. The zero-order valence-electron chi connectivity index (χ0n) is 33.6. The maximum absolute atomic E-state index is 12.7. The van der Waals surface area contributed by atoms with Gasteiger partial charge in [0.2, 0.25) is 0 Å². The van der Waals surface area contributed by atoms with E-state index in [0.29, 0.717) is 19.3 Å². The highest BCUT2D eigenvalue weighted by Gasteiger charge is 2.31. The molecule has 51 heavy (non-hydrogen) atoms. The zero-order chi connectivity index (χ0) is 37.8. The number of unbranched alkanes of at least 4 members (excludes halogenated alkanes) is 17. The molecular formula is C43H78NO7+. The van der Waals surface area contributed by atoms with Crippen LogP contribution in [0.25, 0.3) is 0 Å². The van der Waals surface area contributed by atoms with E-state index < -0.39 is 18.1 Å². The molecule has 0 rings (SSSR count). The van der Waals surface area contributed by atoms with Crippen molar-refractivity contribution in [2.24, 2.45) is 0 Å². The topological polar surface area (TPSA) is 99.1 Å². The van der Waals surface area contributed by atoms with Gasteiger partial charge in [0.1, 0.15) is 6.61 Å². The van der Waals surface area contributed by atoms with E-state index in [2.05, 4.69) is 44.2 Å². The second-order valence-electron chi connectivity index (χ2n) is 14.9. The third-order valence-corrected chi connectivity index (χ3v) is 9.05. The van der Waals surface area contributed by atoms with Crippen molar-refractivity contribution in [3.8, 4) is 0 Å². The van der Waals surface area contributed by atoms with E-state index >= 15 is 0 Å². The molecule has 0 bridgehead atoms. The Balaban J connectivity index is 4.31. The first-order valence-corrected chi connectivity index (χ1v) is 20.5. The Kier molecular flexibility index (Phi) is 33.0. The number of hydrogen-bond donors (Lipinski definition) is 1. The van der Waals surface area contributed by atoms with Gasteiger partial charge in [-0.05, 0) is 51.4 Å². The number of esters is 2. The molecule has 0 aromatic rings. The Labute approximate surface area is 313 Å². The number of carbonyl (C=O) groups is 3. The van der Waals surface area contributed by atoms with Gasteiger partial charge < -0.3 is 23.8 Å². The largest absolute Gasteiger partial charge is 0.477 e. The lowest BCUT2D eigenvalue weighted by molar-refractivity contribution is -0.887. The molecule has 2 unspecified atom stereocenters. The number of carboxylic acid groups (broad SMARTS) is 1. The molecule has 2 atom stereocenters. The van der Waals surface area contributed by atoms with Gasteiger partial charge in [-0.15, -0.1) is 0 Å². The van der Waals surface area contributed by atoms with Crippen molar-refractivity contribution in [1.82, 2.24) is 0 Å². The van der Waals surface area contributed by atoms with Crippen molar-refractivity contribution in [3.63, 3.8) is 0 Å². The fourth-order valence-electron chi connectivity index (χ4n) is 5.80. The summed E-state index contributed by atoms with van der Waals surface area (Å²) in [4.78, 5) is 36.7. The SMILES string of the molecule is CCCCC/C=C/C=C/CCCCCCCCCCCCC(=O)OC(COCCC(C(=O)O)[N+](C)(C)C)COC(=O)CC/C=C/CCCCCC. The van der Waals surface area contributed by atoms with Gasteiger partial charge in [0.05, 0.1) is 34.4 Å². The number of rotatable bonds is 36. The molecule has 0 fully saturated rings. The highest BCUT2D eigenvalue weighted by atomic mass is 16.6. The van der Waals surface area contributed by atoms with Crippen LogP contribution in [0.2, 0.25) is 0 Å². The van der Waals surface area contributed by atoms with Gasteiger partial charge in [-0.3, -0.25) is 9.59 Å². The molecule has 0 spiro atoms. The van der Waals surface area contributed by atoms with E-state index in [9.17, 15) is 19.5 Å². The summed E-state index contributed by atoms with van der Waals surface area (Å²) in [5, 5.41) is 9.58. The standard InChI is InChI=1S/C43H77NO7/c1-6-8-10-12-14-16-17-18-19-20-21-22-23-24-25-26-28-30-32-34-42(46)51-39(37-49-36-35-40(43(47)48)44(3,4)5)38-50-41(45)33-31-29-27-15-13-11-9-7-2/h14,16-18,27,29,39-40H,6-13,15,19-26,28,30-38H2,1-5H3/p+1/b16-14+,18-17+,29-27+. The lowest BCUT2D eigenvalue weighted by Crippen LogP contribution is -2.50. The monoisotopic (exact) mass is 721 g/mol. The number of hydrogen-bond acceptors (Lipinski definition) is 6. The molecule has 1 N–H and O–H groups in total. The fraction of sp³-hybridized carbons (Fsp3) is 0.791. The number of ether oxygens (including phenoxy) is 3. The van der Waals surface area contributed by atoms with Gasteiger partial charge in [0.15, 0.2) is 12.1 Å². The fourth-order valence-corrected chi connectivity index (χ4v) is 5.80. The van der Waals surface area contributed by atoms with Gasteiger partial charge >= 0.3 is 17.9 Å². The second kappa shape index (κ2) is 34.6. The average molecular weight is 721 g/mol. The lowest BCUT2D eigenvalue weighted by atomic mass is 10.1. The van der Waals surface area contributed by atoms with E-state index in [4.69, 9.17) is 14.2 Å². The van der Waals surface area contributed by atoms with Crippen LogP contribution in [0.5, 0.6) is 0 Å². The molecule has 0 saturated heterocycles. The van der Waals surface area contributed by atoms with Crippen LogP contribution in [0, 0.1) is 0 Å². The molecule has 0 aromatic heterocycles. The van der Waals surface area contributed by atoms with Crippen LogP contribution in [0.3, 0.4) is 0 Å². The zero-order valence-corrected chi connectivity index (χ0v) is 33.6. The number of likely N-dealkylation sites (N-methyl/N-ethyl adjacent to an activating group) is 1. The number of carbonyl (C=O) groups excluding carboxylic acids is 2. The van der Waals surface area contributed by atoms with Gasteiger partial charge in [0, 0.05) is 19.3 Å². The Morgan fingerprint density at radius 2 is 1.08 bits per heavy atom. The number of nitrogens with zero attached hydrogens (tertiary/aromatic N) is 1. The normalized spacial score (nSPS) is 13.4. The Morgan fingerprint density at radius 3 is 1.65 bits per heavy atom. The predicted molar refractivity (Wildman–Crippen MR) is 211 cm³/mol. The van der Waals surface area contributed by atoms with E-state index in [1.165, 1.54) is 103 Å². The van der Waals surface area contributed by atoms with Crippen LogP contribution < -0.4 is 0 Å². The van der Waals surface area contributed by atoms with E-state index in [1.807, 2.05) is 27.2 Å². The van der Waals surface area contributed by atoms with Crippen molar-refractivity contribution in [2.45, 2.75) is 180 Å². The average Bonchev–Trinajstić information content (AvgIpc) is 3.08. The molecule has 0 amide bonds. The maximum atomic E-state index is 12.7. The minimum atomic E-state index is -0.881. The third-order valence-electron chi connectivity index (χ3n) is 9.05. The summed E-state index contributed by atoms with van der Waals surface area (Å²) in [6.45, 7) is 4.61.